The van der Waals surface area contributed by atoms with Gasteiger partial charge in [-0.05, 0) is 12.1 Å². The minimum absolute atomic E-state index is 0.404. The lowest BCUT2D eigenvalue weighted by molar-refractivity contribution is 0.504. The van der Waals surface area contributed by atoms with Gasteiger partial charge in [0.2, 0.25) is 0 Å². The highest BCUT2D eigenvalue weighted by Crippen LogP contribution is 2.18. The average molecular weight is 212 g/mol. The molecule has 0 radical (unpaired) electrons. The maximum Gasteiger partial charge on any atom is 0.423 e. The summed E-state index contributed by atoms with van der Waals surface area (Å²) < 4.78 is 6.19. The molecule has 0 N–H and O–H groups in total. The first-order chi connectivity index (χ1) is 7.86. The summed E-state index contributed by atoms with van der Waals surface area (Å²) in [6.45, 7) is 0. The number of aromatic nitrogens is 2. The van der Waals surface area contributed by atoms with E-state index in [0.29, 0.717) is 0 Å². The Kier molecular flexibility index (Phi) is 1.86. The first kappa shape index (κ1) is 8.91. The first-order valence-corrected chi connectivity index (χ1v) is 4.86. The molecule has 78 valence electrons. The third kappa shape index (κ3) is 1.24. The van der Waals surface area contributed by atoms with E-state index in [0.717, 1.165) is 16.6 Å². The van der Waals surface area contributed by atoms with E-state index >= 15 is 0 Å². The summed E-state index contributed by atoms with van der Waals surface area (Å²) in [5.41, 5.74) is 1.52. The van der Waals surface area contributed by atoms with Crippen LogP contribution in [0.1, 0.15) is 0 Å². The lowest BCUT2D eigenvalue weighted by Crippen LogP contribution is -2.11. The molecule has 16 heavy (non-hydrogen) atoms. The van der Waals surface area contributed by atoms with Gasteiger partial charge in [0.15, 0.2) is 0 Å². The molecule has 0 saturated carbocycles. The fourth-order valence-electron chi connectivity index (χ4n) is 1.73. The fraction of sp³-hybridized carbons (Fsp3) is 0. The van der Waals surface area contributed by atoms with Crippen molar-refractivity contribution in [2.24, 2.45) is 0 Å². The second-order valence-electron chi connectivity index (χ2n) is 3.39. The third-order valence-electron chi connectivity index (χ3n) is 2.45. The Bertz CT molecular complexity index is 692. The lowest BCUT2D eigenvalue weighted by atomic mass is 10.2. The smallest absolute Gasteiger partial charge is 0.416 e. The predicted molar refractivity (Wildman–Crippen MR) is 59.6 cm³/mol. The van der Waals surface area contributed by atoms with Crippen molar-refractivity contribution in [1.29, 1.82) is 0 Å². The number of hydrogen-bond donors (Lipinski definition) is 0. The SMILES string of the molecule is O=c1occn1-c1cccc2cccnc12. The zero-order valence-electron chi connectivity index (χ0n) is 8.33. The standard InChI is InChI=1S/C12H8N2O2/c15-12-14(7-8-16-12)10-5-1-3-9-4-2-6-13-11(9)10/h1-8H. The number of nitrogens with zero attached hydrogens (tertiary/aromatic N) is 2. The number of fused-ring (bicyclic) bond motifs is 1. The molecule has 0 unspecified atom stereocenters. The normalized spacial score (nSPS) is 10.8. The van der Waals surface area contributed by atoms with Gasteiger partial charge in [-0.25, -0.2) is 9.36 Å². The van der Waals surface area contributed by atoms with Gasteiger partial charge in [-0.1, -0.05) is 18.2 Å². The molecule has 0 bridgehead atoms. The molecular weight excluding hydrogens is 204 g/mol. The molecular formula is C12H8N2O2. The van der Waals surface area contributed by atoms with Crippen molar-refractivity contribution in [2.45, 2.75) is 0 Å². The van der Waals surface area contributed by atoms with E-state index in [4.69, 9.17) is 4.42 Å². The van der Waals surface area contributed by atoms with E-state index < -0.39 is 5.76 Å². The summed E-state index contributed by atoms with van der Waals surface area (Å²) in [6, 6.07) is 9.50. The van der Waals surface area contributed by atoms with Crippen LogP contribution in [-0.4, -0.2) is 9.55 Å². The fourth-order valence-corrected chi connectivity index (χ4v) is 1.73. The molecule has 0 saturated heterocycles. The number of hydrogen-bond acceptors (Lipinski definition) is 3. The predicted octanol–water partition coefficient (Wildman–Crippen LogP) is 1.98. The van der Waals surface area contributed by atoms with Crippen molar-refractivity contribution < 1.29 is 4.42 Å². The number of pyridine rings is 1. The highest BCUT2D eigenvalue weighted by atomic mass is 16.4. The van der Waals surface area contributed by atoms with Crippen LogP contribution in [0.3, 0.4) is 0 Å². The molecule has 0 atom stereocenters. The van der Waals surface area contributed by atoms with Gasteiger partial charge in [-0.2, -0.15) is 0 Å². The van der Waals surface area contributed by atoms with Gasteiger partial charge in [-0.3, -0.25) is 4.98 Å². The molecule has 0 aliphatic heterocycles. The van der Waals surface area contributed by atoms with E-state index in [2.05, 4.69) is 4.98 Å². The lowest BCUT2D eigenvalue weighted by Gasteiger charge is -2.03. The van der Waals surface area contributed by atoms with Crippen LogP contribution in [0, 0.1) is 0 Å². The van der Waals surface area contributed by atoms with E-state index in [1.165, 1.54) is 10.8 Å². The molecule has 1 aromatic carbocycles. The van der Waals surface area contributed by atoms with Crippen LogP contribution in [0.2, 0.25) is 0 Å². The van der Waals surface area contributed by atoms with Crippen molar-refractivity contribution >= 4 is 10.9 Å². The summed E-state index contributed by atoms with van der Waals surface area (Å²) in [5, 5.41) is 0.994. The van der Waals surface area contributed by atoms with Crippen LogP contribution in [0.25, 0.3) is 16.6 Å². The van der Waals surface area contributed by atoms with Gasteiger partial charge in [0.25, 0.3) is 0 Å². The zero-order valence-corrected chi connectivity index (χ0v) is 8.33. The summed E-state index contributed by atoms with van der Waals surface area (Å²) >= 11 is 0. The Morgan fingerprint density at radius 3 is 2.88 bits per heavy atom. The third-order valence-corrected chi connectivity index (χ3v) is 2.45. The van der Waals surface area contributed by atoms with Crippen molar-refractivity contribution in [2.75, 3.05) is 0 Å². The Morgan fingerprint density at radius 1 is 1.19 bits per heavy atom. The van der Waals surface area contributed by atoms with Crippen LogP contribution >= 0.6 is 0 Å². The van der Waals surface area contributed by atoms with Gasteiger partial charge in [-0.15, -0.1) is 0 Å². The molecule has 2 aromatic heterocycles. The topological polar surface area (TPSA) is 48.0 Å². The molecule has 2 heterocycles. The maximum atomic E-state index is 11.4. The Labute approximate surface area is 90.8 Å². The van der Waals surface area contributed by atoms with Gasteiger partial charge in [0.05, 0.1) is 17.4 Å². The van der Waals surface area contributed by atoms with Crippen molar-refractivity contribution in [3.63, 3.8) is 0 Å². The van der Waals surface area contributed by atoms with Gasteiger partial charge in [0.1, 0.15) is 6.26 Å². The maximum absolute atomic E-state index is 11.4. The van der Waals surface area contributed by atoms with Crippen molar-refractivity contribution in [3.05, 3.63) is 59.5 Å². The van der Waals surface area contributed by atoms with Crippen LogP contribution in [0.5, 0.6) is 0 Å². The van der Waals surface area contributed by atoms with Crippen molar-refractivity contribution in [1.82, 2.24) is 9.55 Å². The van der Waals surface area contributed by atoms with E-state index in [1.54, 1.807) is 12.4 Å². The van der Waals surface area contributed by atoms with E-state index in [-0.39, 0.29) is 0 Å². The average Bonchev–Trinajstić information content (AvgIpc) is 2.75. The molecule has 0 spiro atoms. The number of para-hydroxylation sites is 1. The van der Waals surface area contributed by atoms with E-state index in [1.807, 2.05) is 30.3 Å². The van der Waals surface area contributed by atoms with Crippen LogP contribution < -0.4 is 5.76 Å². The van der Waals surface area contributed by atoms with Crippen molar-refractivity contribution in [3.8, 4) is 5.69 Å². The largest absolute Gasteiger partial charge is 0.423 e. The number of rotatable bonds is 1. The van der Waals surface area contributed by atoms with Gasteiger partial charge < -0.3 is 4.42 Å². The quantitative estimate of drug-likeness (QED) is 0.619. The van der Waals surface area contributed by atoms with Crippen LogP contribution in [0.4, 0.5) is 0 Å². The molecule has 3 rings (SSSR count). The summed E-state index contributed by atoms with van der Waals surface area (Å²) in [7, 11) is 0. The van der Waals surface area contributed by atoms with Crippen LogP contribution in [-0.2, 0) is 0 Å². The Morgan fingerprint density at radius 2 is 2.06 bits per heavy atom. The second-order valence-corrected chi connectivity index (χ2v) is 3.39. The Balaban J connectivity index is 2.41. The molecule has 0 aliphatic carbocycles. The van der Waals surface area contributed by atoms with Crippen LogP contribution in [0.15, 0.2) is 58.2 Å². The number of oxazole rings is 1. The monoisotopic (exact) mass is 212 g/mol. The highest BCUT2D eigenvalue weighted by molar-refractivity contribution is 5.86. The van der Waals surface area contributed by atoms with Gasteiger partial charge >= 0.3 is 5.76 Å². The summed E-state index contributed by atoms with van der Waals surface area (Å²) in [5.74, 6) is -0.404. The molecule has 4 heteroatoms. The minimum atomic E-state index is -0.404. The summed E-state index contributed by atoms with van der Waals surface area (Å²) in [4.78, 5) is 15.7. The molecule has 4 nitrogen and oxygen atoms in total. The molecule has 0 aliphatic rings. The first-order valence-electron chi connectivity index (χ1n) is 4.86. The molecule has 3 aromatic rings. The molecule has 0 amide bonds. The number of benzene rings is 1. The minimum Gasteiger partial charge on any atom is -0.416 e. The summed E-state index contributed by atoms with van der Waals surface area (Å²) in [6.07, 6.45) is 4.66. The highest BCUT2D eigenvalue weighted by Gasteiger charge is 2.06. The van der Waals surface area contributed by atoms with E-state index in [9.17, 15) is 4.79 Å². The molecule has 0 fully saturated rings. The Hall–Kier alpha value is -2.36. The zero-order chi connectivity index (χ0) is 11.0. The second kappa shape index (κ2) is 3.34. The van der Waals surface area contributed by atoms with Gasteiger partial charge in [0, 0.05) is 11.6 Å².